The highest BCUT2D eigenvalue weighted by atomic mass is 79.9. The number of urea groups is 3. The van der Waals surface area contributed by atoms with Crippen LogP contribution in [0.4, 0.5) is 47.6 Å². The molecule has 11 heterocycles. The molecule has 3 aliphatic rings. The van der Waals surface area contributed by atoms with Gasteiger partial charge in [0.15, 0.2) is 15.4 Å². The van der Waals surface area contributed by atoms with E-state index in [-0.39, 0.29) is 18.1 Å². The van der Waals surface area contributed by atoms with Crippen molar-refractivity contribution in [1.29, 1.82) is 0 Å². The lowest BCUT2D eigenvalue weighted by molar-refractivity contribution is -0.150. The molecule has 0 unspecified atom stereocenters. The van der Waals surface area contributed by atoms with Crippen molar-refractivity contribution in [2.75, 3.05) is 104 Å². The number of hydrogen-bond acceptors (Lipinski definition) is 27. The van der Waals surface area contributed by atoms with Crippen molar-refractivity contribution in [3.8, 4) is 66.3 Å². The molecule has 0 aliphatic carbocycles. The fourth-order valence-corrected chi connectivity index (χ4v) is 16.8. The van der Waals surface area contributed by atoms with E-state index in [0.717, 1.165) is 80.0 Å². The van der Waals surface area contributed by atoms with Gasteiger partial charge in [-0.1, -0.05) is 56.7 Å². The van der Waals surface area contributed by atoms with Crippen LogP contribution in [-0.4, -0.2) is 179 Å². The zero-order valence-corrected chi connectivity index (χ0v) is 65.6. The molecule has 0 bridgehead atoms. The number of carboxylic acids is 3. The molecule has 6 amide bonds. The molecule has 37 heteroatoms. The van der Waals surface area contributed by atoms with Gasteiger partial charge in [-0.05, 0) is 149 Å². The van der Waals surface area contributed by atoms with Crippen LogP contribution in [0.15, 0.2) is 88.8 Å². The first-order valence-corrected chi connectivity index (χ1v) is 39.4. The number of ether oxygens (including phenoxy) is 2. The lowest BCUT2D eigenvalue weighted by Gasteiger charge is -2.36. The van der Waals surface area contributed by atoms with E-state index in [1.54, 1.807) is 72.2 Å². The monoisotopic (exact) mass is 1620 g/mol. The second-order valence-electron chi connectivity index (χ2n) is 26.3. The standard InChI is InChI=1S/2C25H27N7O4S2.C21H23BrN6O3S/c2*1-4-26-22(35)31-23-29-17-10-14(9-16(19(17)38-23)18-13-37-24(30-18)36-3)15-11-27-21(28-12-15)32-7-5-25(2,6-8-32)20(33)34;1-3-23-19(31)27-20-26-15-9-12(8-14(22)16(15)32-20)13-10-24-18(25-11-13)28-6-4-21(2,5-7-28)17(29)30/h2*9-13H,4-8H2,1-3H3,(H,33,34)(H2,26,29,31,35);8-11H,3-7H2,1-2H3,(H,29,30)(H2,23,26,27,31). The second kappa shape index (κ2) is 33.3. The van der Waals surface area contributed by atoms with Crippen molar-refractivity contribution < 1.29 is 53.6 Å². The van der Waals surface area contributed by atoms with Crippen LogP contribution in [0.2, 0.25) is 0 Å². The first-order chi connectivity index (χ1) is 51.9. The Morgan fingerprint density at radius 2 is 0.722 bits per heavy atom. The summed E-state index contributed by atoms with van der Waals surface area (Å²) in [5, 5.41) is 51.3. The molecule has 31 nitrogen and oxygen atoms in total. The van der Waals surface area contributed by atoms with Gasteiger partial charge in [-0.3, -0.25) is 30.3 Å². The van der Waals surface area contributed by atoms with Gasteiger partial charge in [0.05, 0.1) is 72.5 Å². The third-order valence-corrected chi connectivity index (χ3v) is 24.4. The molecule has 0 saturated carbocycles. The molecule has 108 heavy (non-hydrogen) atoms. The van der Waals surface area contributed by atoms with E-state index < -0.39 is 34.2 Å². The fourth-order valence-electron chi connectivity index (χ4n) is 12.1. The summed E-state index contributed by atoms with van der Waals surface area (Å²) >= 11 is 10.6. The van der Waals surface area contributed by atoms with E-state index >= 15 is 0 Å². The largest absolute Gasteiger partial charge is 0.481 e. The number of aliphatic carboxylic acids is 3. The molecule has 0 spiro atoms. The zero-order chi connectivity index (χ0) is 76.6. The van der Waals surface area contributed by atoms with Crippen molar-refractivity contribution in [2.45, 2.75) is 80.1 Å². The van der Waals surface area contributed by atoms with E-state index in [0.29, 0.717) is 152 Å². The summed E-state index contributed by atoms with van der Waals surface area (Å²) in [4.78, 5) is 127. The third kappa shape index (κ3) is 17.6. The first kappa shape index (κ1) is 77.2. The Morgan fingerprint density at radius 3 is 1.00 bits per heavy atom. The number of rotatable bonds is 19. The zero-order valence-electron chi connectivity index (χ0n) is 60.0. The lowest BCUT2D eigenvalue weighted by Crippen LogP contribution is -2.43. The van der Waals surface area contributed by atoms with Crippen LogP contribution in [0.3, 0.4) is 0 Å². The van der Waals surface area contributed by atoms with Crippen LogP contribution in [0.25, 0.3) is 86.5 Å². The summed E-state index contributed by atoms with van der Waals surface area (Å²) in [7, 11) is 3.16. The molecule has 0 atom stereocenters. The molecule has 14 rings (SSSR count). The van der Waals surface area contributed by atoms with Gasteiger partial charge in [-0.25, -0.2) is 69.2 Å². The van der Waals surface area contributed by atoms with Gasteiger partial charge in [-0.15, -0.1) is 0 Å². The highest BCUT2D eigenvalue weighted by molar-refractivity contribution is 9.10. The number of thiazole rings is 5. The van der Waals surface area contributed by atoms with Crippen LogP contribution in [0, 0.1) is 16.2 Å². The number of piperidine rings is 3. The summed E-state index contributed by atoms with van der Waals surface area (Å²) in [6, 6.07) is 10.9. The predicted molar refractivity (Wildman–Crippen MR) is 425 cm³/mol. The van der Waals surface area contributed by atoms with E-state index in [4.69, 9.17) is 9.47 Å². The topological polar surface area (TPSA) is 405 Å². The first-order valence-electron chi connectivity index (χ1n) is 34.4. The van der Waals surface area contributed by atoms with E-state index in [1.807, 2.05) is 82.6 Å². The second-order valence-corrected chi connectivity index (χ2v) is 31.8. The molecule has 3 fully saturated rings. The Bertz CT molecular complexity index is 4890. The minimum absolute atomic E-state index is 0.284. The number of amides is 6. The van der Waals surface area contributed by atoms with Crippen LogP contribution in [-0.2, 0) is 14.4 Å². The Labute approximate surface area is 647 Å². The van der Waals surface area contributed by atoms with Crippen molar-refractivity contribution in [3.05, 3.63) is 88.8 Å². The number of nitrogens with zero attached hydrogens (tertiary/aromatic N) is 14. The molecule has 11 aromatic rings. The van der Waals surface area contributed by atoms with Gasteiger partial charge in [0, 0.05) is 139 Å². The summed E-state index contributed by atoms with van der Waals surface area (Å²) in [6.45, 7) is 16.1. The molecule has 564 valence electrons. The minimum Gasteiger partial charge on any atom is -0.481 e. The summed E-state index contributed by atoms with van der Waals surface area (Å²) < 4.78 is 14.2. The molecular weight excluding hydrogens is 1550 g/mol. The fraction of sp³-hybridized carbons (Fsp3) is 0.366. The maximum Gasteiger partial charge on any atom is 0.321 e. The van der Waals surface area contributed by atoms with E-state index in [2.05, 4.69) is 103 Å². The smallest absolute Gasteiger partial charge is 0.321 e. The lowest BCUT2D eigenvalue weighted by atomic mass is 9.80. The molecule has 8 aromatic heterocycles. The maximum absolute atomic E-state index is 12.1. The maximum atomic E-state index is 12.1. The van der Waals surface area contributed by atoms with Gasteiger partial charge in [0.25, 0.3) is 10.4 Å². The number of carbonyl (C=O) groups excluding carboxylic acids is 3. The van der Waals surface area contributed by atoms with Crippen molar-refractivity contribution in [3.63, 3.8) is 0 Å². The van der Waals surface area contributed by atoms with Crippen molar-refractivity contribution >= 4 is 173 Å². The van der Waals surface area contributed by atoms with Crippen LogP contribution in [0.1, 0.15) is 80.1 Å². The molecule has 3 saturated heterocycles. The average Bonchev–Trinajstić information content (AvgIpc) is 1.60. The number of carbonyl (C=O) groups is 6. The van der Waals surface area contributed by atoms with Gasteiger partial charge >= 0.3 is 36.0 Å². The number of fused-ring (bicyclic) bond motifs is 3. The quantitative estimate of drug-likeness (QED) is 0.0363. The normalized spacial score (nSPS) is 15.1. The van der Waals surface area contributed by atoms with Gasteiger partial charge in [0.1, 0.15) is 0 Å². The van der Waals surface area contributed by atoms with Gasteiger partial charge in [0.2, 0.25) is 17.8 Å². The highest BCUT2D eigenvalue weighted by Gasteiger charge is 2.40. The summed E-state index contributed by atoms with van der Waals surface area (Å²) in [6.07, 6.45) is 13.9. The Hall–Kier alpha value is -10.5. The molecule has 0 radical (unpaired) electrons. The average molecular weight is 1630 g/mol. The summed E-state index contributed by atoms with van der Waals surface area (Å²) in [5.74, 6) is -0.515. The minimum atomic E-state index is -0.760. The predicted octanol–water partition coefficient (Wildman–Crippen LogP) is 13.8. The number of benzene rings is 3. The Kier molecular flexibility index (Phi) is 23.8. The van der Waals surface area contributed by atoms with Crippen LogP contribution >= 0.6 is 72.6 Å². The number of halogens is 1. The van der Waals surface area contributed by atoms with Crippen LogP contribution < -0.4 is 56.1 Å². The van der Waals surface area contributed by atoms with Crippen molar-refractivity contribution in [2.24, 2.45) is 16.2 Å². The van der Waals surface area contributed by atoms with E-state index in [9.17, 15) is 44.1 Å². The Balaban J connectivity index is 0.000000152. The highest BCUT2D eigenvalue weighted by Crippen LogP contribution is 2.44. The molecule has 9 N–H and O–H groups in total. The number of nitrogens with one attached hydrogen (secondary N) is 6. The SMILES string of the molecule is CCNC(=O)Nc1nc2cc(-c3cnc(N4CCC(C)(C(=O)O)CC4)nc3)cc(-c3csc(OC)n3)c2s1.CCNC(=O)Nc1nc2cc(-c3cnc(N4CCC(C)(C(=O)O)CC4)nc3)cc(-c3csc(OC)n3)c2s1.CCNC(=O)Nc1nc2cc(-c3cnc(N4CCC(C)(C(=O)O)CC4)nc3)cc(Br)c2s1. The molecule has 3 aromatic carbocycles. The van der Waals surface area contributed by atoms with E-state index in [1.165, 1.54) is 56.7 Å². The van der Waals surface area contributed by atoms with Crippen molar-refractivity contribution in [1.82, 2.24) is 70.8 Å². The third-order valence-electron chi connectivity index (χ3n) is 18.9. The number of hydrogen-bond donors (Lipinski definition) is 9. The molecule has 3 aliphatic heterocycles. The number of carboxylic acid groups (broad SMARTS) is 3. The van der Waals surface area contributed by atoms with Gasteiger partial charge < -0.3 is 55.4 Å². The number of anilines is 6. The van der Waals surface area contributed by atoms with Crippen LogP contribution in [0.5, 0.6) is 10.4 Å². The Morgan fingerprint density at radius 1 is 0.435 bits per heavy atom. The van der Waals surface area contributed by atoms with Gasteiger partial charge in [-0.2, -0.15) is 0 Å². The number of methoxy groups -OCH3 is 2. The summed E-state index contributed by atoms with van der Waals surface area (Å²) in [5.41, 5.74) is 8.40. The molecular formula is C71H77BrN20O11S5. The number of aromatic nitrogens is 11.